The molecule has 0 atom stereocenters. The summed E-state index contributed by atoms with van der Waals surface area (Å²) in [4.78, 5) is 28.1. The molecule has 14 heavy (non-hydrogen) atoms. The summed E-state index contributed by atoms with van der Waals surface area (Å²) >= 11 is 0. The molecular formula is C8H12N4O2. The first-order valence-electron chi connectivity index (χ1n) is 4.14. The highest BCUT2D eigenvalue weighted by molar-refractivity contribution is 5.88. The Kier molecular flexibility index (Phi) is 3.22. The van der Waals surface area contributed by atoms with E-state index in [0.29, 0.717) is 18.1 Å². The van der Waals surface area contributed by atoms with Gasteiger partial charge in [0.2, 0.25) is 11.8 Å². The summed E-state index contributed by atoms with van der Waals surface area (Å²) in [5.41, 5.74) is 0.676. The lowest BCUT2D eigenvalue weighted by Crippen LogP contribution is -2.20. The molecule has 0 spiro atoms. The minimum absolute atomic E-state index is 0.131. The van der Waals surface area contributed by atoms with Crippen molar-refractivity contribution in [2.75, 3.05) is 5.32 Å². The molecule has 0 saturated carbocycles. The maximum absolute atomic E-state index is 10.7. The molecule has 0 fully saturated rings. The molecular weight excluding hydrogens is 184 g/mol. The van der Waals surface area contributed by atoms with Crippen LogP contribution in [0.2, 0.25) is 0 Å². The third-order valence-electron chi connectivity index (χ3n) is 1.53. The van der Waals surface area contributed by atoms with E-state index in [1.54, 1.807) is 0 Å². The van der Waals surface area contributed by atoms with Gasteiger partial charge < -0.3 is 15.6 Å². The fourth-order valence-electron chi connectivity index (χ4n) is 0.943. The molecule has 3 N–H and O–H groups in total. The fourth-order valence-corrected chi connectivity index (χ4v) is 0.943. The molecule has 76 valence electrons. The number of aromatic amines is 1. The lowest BCUT2D eigenvalue weighted by molar-refractivity contribution is -0.119. The fraction of sp³-hybridized carbons (Fsp3) is 0.375. The van der Waals surface area contributed by atoms with Crippen molar-refractivity contribution in [3.8, 4) is 0 Å². The highest BCUT2D eigenvalue weighted by atomic mass is 16.2. The Hall–Kier alpha value is -1.85. The van der Waals surface area contributed by atoms with Crippen molar-refractivity contribution in [1.29, 1.82) is 0 Å². The number of nitrogens with one attached hydrogen (secondary N) is 3. The number of hydrogen-bond acceptors (Lipinski definition) is 3. The molecule has 0 aliphatic heterocycles. The second-order valence-corrected chi connectivity index (χ2v) is 2.82. The van der Waals surface area contributed by atoms with E-state index >= 15 is 0 Å². The minimum atomic E-state index is -0.193. The number of rotatable bonds is 3. The number of anilines is 1. The molecule has 0 aromatic carbocycles. The van der Waals surface area contributed by atoms with E-state index < -0.39 is 0 Å². The lowest BCUT2D eigenvalue weighted by Gasteiger charge is -2.03. The van der Waals surface area contributed by atoms with Crippen molar-refractivity contribution in [1.82, 2.24) is 15.3 Å². The van der Waals surface area contributed by atoms with Crippen LogP contribution in [0.1, 0.15) is 19.5 Å². The van der Waals surface area contributed by atoms with Crippen molar-refractivity contribution >= 4 is 17.6 Å². The van der Waals surface area contributed by atoms with Gasteiger partial charge in [-0.1, -0.05) is 0 Å². The van der Waals surface area contributed by atoms with Crippen LogP contribution in [0.25, 0.3) is 0 Å². The van der Waals surface area contributed by atoms with E-state index in [2.05, 4.69) is 20.6 Å². The molecule has 1 aromatic rings. The number of nitrogens with zero attached hydrogens (tertiary/aromatic N) is 1. The number of H-pyrrole nitrogens is 1. The van der Waals surface area contributed by atoms with Crippen LogP contribution in [0.4, 0.5) is 5.82 Å². The van der Waals surface area contributed by atoms with Crippen molar-refractivity contribution in [2.45, 2.75) is 20.4 Å². The molecule has 0 radical (unpaired) electrons. The smallest absolute Gasteiger partial charge is 0.222 e. The summed E-state index contributed by atoms with van der Waals surface area (Å²) in [5, 5.41) is 5.14. The van der Waals surface area contributed by atoms with Gasteiger partial charge in [-0.15, -0.1) is 0 Å². The van der Waals surface area contributed by atoms with Crippen molar-refractivity contribution in [3.05, 3.63) is 12.0 Å². The Balaban J connectivity index is 2.62. The molecule has 0 aliphatic rings. The van der Waals surface area contributed by atoms with Gasteiger partial charge in [-0.2, -0.15) is 0 Å². The molecule has 0 aliphatic carbocycles. The Morgan fingerprint density at radius 3 is 2.71 bits per heavy atom. The van der Waals surface area contributed by atoms with Gasteiger partial charge in [0, 0.05) is 13.8 Å². The van der Waals surface area contributed by atoms with Gasteiger partial charge >= 0.3 is 0 Å². The molecule has 6 nitrogen and oxygen atoms in total. The average molecular weight is 196 g/mol. The van der Waals surface area contributed by atoms with Gasteiger partial charge in [0.25, 0.3) is 0 Å². The van der Waals surface area contributed by atoms with Gasteiger partial charge in [-0.05, 0) is 0 Å². The number of carbonyl (C=O) groups is 2. The number of amides is 2. The van der Waals surface area contributed by atoms with Crippen LogP contribution in [-0.4, -0.2) is 21.8 Å². The van der Waals surface area contributed by atoms with Gasteiger partial charge in [-0.3, -0.25) is 9.59 Å². The zero-order chi connectivity index (χ0) is 10.6. The summed E-state index contributed by atoms with van der Waals surface area (Å²) in [6, 6.07) is 0. The molecule has 1 rings (SSSR count). The molecule has 0 bridgehead atoms. The molecule has 2 amide bonds. The van der Waals surface area contributed by atoms with E-state index in [9.17, 15) is 9.59 Å². The molecule has 0 saturated heterocycles. The van der Waals surface area contributed by atoms with Crippen LogP contribution < -0.4 is 10.6 Å². The first-order valence-corrected chi connectivity index (χ1v) is 4.14. The van der Waals surface area contributed by atoms with Crippen LogP contribution in [0.3, 0.4) is 0 Å². The lowest BCUT2D eigenvalue weighted by atomic mass is 10.4. The zero-order valence-corrected chi connectivity index (χ0v) is 8.05. The average Bonchev–Trinajstić information content (AvgIpc) is 2.47. The Bertz CT molecular complexity index is 345. The van der Waals surface area contributed by atoms with Crippen molar-refractivity contribution < 1.29 is 9.59 Å². The minimum Gasteiger partial charge on any atom is -0.351 e. The van der Waals surface area contributed by atoms with Gasteiger partial charge in [0.05, 0.1) is 18.6 Å². The van der Waals surface area contributed by atoms with Crippen LogP contribution in [0.5, 0.6) is 0 Å². The van der Waals surface area contributed by atoms with Gasteiger partial charge in [0.1, 0.15) is 0 Å². The highest BCUT2D eigenvalue weighted by Crippen LogP contribution is 2.08. The van der Waals surface area contributed by atoms with Crippen LogP contribution in [0, 0.1) is 0 Å². The SMILES string of the molecule is CC(=O)NCc1[nH]cnc1NC(C)=O. The molecule has 6 heteroatoms. The van der Waals surface area contributed by atoms with Crippen molar-refractivity contribution in [2.24, 2.45) is 0 Å². The largest absolute Gasteiger partial charge is 0.351 e. The standard InChI is InChI=1S/C8H12N4O2/c1-5(13)9-3-7-8(11-4-10-7)12-6(2)14/h4H,3H2,1-2H3,(H,9,13)(H,10,11)(H,12,14). The molecule has 1 heterocycles. The second-order valence-electron chi connectivity index (χ2n) is 2.82. The van der Waals surface area contributed by atoms with E-state index in [1.807, 2.05) is 0 Å². The summed E-state index contributed by atoms with van der Waals surface area (Å²) in [6.07, 6.45) is 1.46. The summed E-state index contributed by atoms with van der Waals surface area (Å²) in [6.45, 7) is 3.15. The third-order valence-corrected chi connectivity index (χ3v) is 1.53. The van der Waals surface area contributed by atoms with Crippen LogP contribution in [0.15, 0.2) is 6.33 Å². The maximum Gasteiger partial charge on any atom is 0.222 e. The first kappa shape index (κ1) is 10.2. The number of carbonyl (C=O) groups excluding carboxylic acids is 2. The second kappa shape index (κ2) is 4.40. The molecule has 0 unspecified atom stereocenters. The van der Waals surface area contributed by atoms with E-state index in [0.717, 1.165) is 0 Å². The van der Waals surface area contributed by atoms with Gasteiger partial charge in [0.15, 0.2) is 5.82 Å². The predicted octanol–water partition coefficient (Wildman–Crippen LogP) is 0.00420. The van der Waals surface area contributed by atoms with Crippen molar-refractivity contribution in [3.63, 3.8) is 0 Å². The normalized spacial score (nSPS) is 9.57. The number of hydrogen-bond donors (Lipinski definition) is 3. The number of imidazole rings is 1. The zero-order valence-electron chi connectivity index (χ0n) is 8.05. The maximum atomic E-state index is 10.7. The van der Waals surface area contributed by atoms with E-state index in [1.165, 1.54) is 20.2 Å². The summed E-state index contributed by atoms with van der Waals surface area (Å²) in [5.74, 6) is 0.126. The predicted molar refractivity (Wildman–Crippen MR) is 50.4 cm³/mol. The molecule has 1 aromatic heterocycles. The Morgan fingerprint density at radius 2 is 2.14 bits per heavy atom. The topological polar surface area (TPSA) is 86.9 Å². The highest BCUT2D eigenvalue weighted by Gasteiger charge is 2.06. The Morgan fingerprint density at radius 1 is 1.43 bits per heavy atom. The Labute approximate surface area is 81.1 Å². The quantitative estimate of drug-likeness (QED) is 0.636. The summed E-state index contributed by atoms with van der Waals surface area (Å²) in [7, 11) is 0. The third kappa shape index (κ3) is 2.89. The monoisotopic (exact) mass is 196 g/mol. The van der Waals surface area contributed by atoms with Gasteiger partial charge in [-0.25, -0.2) is 4.98 Å². The van der Waals surface area contributed by atoms with Crippen LogP contribution >= 0.6 is 0 Å². The van der Waals surface area contributed by atoms with Crippen LogP contribution in [-0.2, 0) is 16.1 Å². The number of aromatic nitrogens is 2. The van der Waals surface area contributed by atoms with E-state index in [4.69, 9.17) is 0 Å². The first-order chi connectivity index (χ1) is 6.59. The summed E-state index contributed by atoms with van der Waals surface area (Å²) < 4.78 is 0. The van der Waals surface area contributed by atoms with E-state index in [-0.39, 0.29) is 11.8 Å².